The van der Waals surface area contributed by atoms with E-state index in [-0.39, 0.29) is 12.6 Å². The van der Waals surface area contributed by atoms with Gasteiger partial charge in [0, 0.05) is 6.20 Å². The number of hydrogen-bond acceptors (Lipinski definition) is 5. The summed E-state index contributed by atoms with van der Waals surface area (Å²) < 4.78 is 7.76. The molecule has 0 fully saturated rings. The number of fused-ring (bicyclic) bond motifs is 1. The number of anilines is 1. The van der Waals surface area contributed by atoms with Gasteiger partial charge in [-0.2, -0.15) is 0 Å². The topological polar surface area (TPSA) is 111 Å². The lowest BCUT2D eigenvalue weighted by Gasteiger charge is -2.23. The molecule has 1 aromatic heterocycles. The third-order valence-electron chi connectivity index (χ3n) is 5.92. The molecule has 0 radical (unpaired) electrons. The Labute approximate surface area is 199 Å². The zero-order chi connectivity index (χ0) is 24.1. The second-order valence-corrected chi connectivity index (χ2v) is 9.20. The molecular weight excluding hydrogens is 430 g/mol. The van der Waals surface area contributed by atoms with Gasteiger partial charge in [-0.05, 0) is 43.4 Å². The molecule has 178 valence electrons. The second kappa shape index (κ2) is 10.2. The van der Waals surface area contributed by atoms with E-state index in [1.807, 2.05) is 47.2 Å². The van der Waals surface area contributed by atoms with Crippen LogP contribution in [-0.2, 0) is 27.4 Å². The number of nitrogens with zero attached hydrogens (tertiary/aromatic N) is 2. The summed E-state index contributed by atoms with van der Waals surface area (Å²) in [4.78, 5) is 29.9. The SMILES string of the molecule is CC(C)(N)C(=O)NC(COCc1ccccc1)C(=O)Nc1cn(C2CCc3ccccc32)cn1. The molecule has 4 rings (SSSR count). The van der Waals surface area contributed by atoms with E-state index in [1.165, 1.54) is 11.1 Å². The Morgan fingerprint density at radius 1 is 1.18 bits per heavy atom. The van der Waals surface area contributed by atoms with Crippen molar-refractivity contribution in [2.45, 2.75) is 50.9 Å². The van der Waals surface area contributed by atoms with E-state index in [0.717, 1.165) is 18.4 Å². The molecular formula is C26H31N5O3. The first-order valence-electron chi connectivity index (χ1n) is 11.4. The van der Waals surface area contributed by atoms with Crippen LogP contribution >= 0.6 is 0 Å². The molecule has 0 bridgehead atoms. The van der Waals surface area contributed by atoms with E-state index in [0.29, 0.717) is 12.4 Å². The van der Waals surface area contributed by atoms with E-state index in [2.05, 4.69) is 33.8 Å². The molecule has 2 atom stereocenters. The molecule has 2 aromatic carbocycles. The van der Waals surface area contributed by atoms with Crippen LogP contribution < -0.4 is 16.4 Å². The highest BCUT2D eigenvalue weighted by atomic mass is 16.5. The number of amides is 2. The number of nitrogens with two attached hydrogens (primary N) is 1. The maximum atomic E-state index is 13.1. The minimum absolute atomic E-state index is 0.000738. The number of carbonyl (C=O) groups is 2. The molecule has 2 amide bonds. The van der Waals surface area contributed by atoms with Gasteiger partial charge in [0.25, 0.3) is 5.91 Å². The van der Waals surface area contributed by atoms with Crippen LogP contribution in [0.25, 0.3) is 0 Å². The van der Waals surface area contributed by atoms with E-state index < -0.39 is 23.4 Å². The number of nitrogens with one attached hydrogen (secondary N) is 2. The summed E-state index contributed by atoms with van der Waals surface area (Å²) in [7, 11) is 0. The van der Waals surface area contributed by atoms with Crippen molar-refractivity contribution in [1.29, 1.82) is 0 Å². The molecule has 1 aliphatic carbocycles. The molecule has 34 heavy (non-hydrogen) atoms. The van der Waals surface area contributed by atoms with Gasteiger partial charge in [-0.15, -0.1) is 0 Å². The van der Waals surface area contributed by atoms with Crippen molar-refractivity contribution in [2.24, 2.45) is 5.73 Å². The maximum Gasteiger partial charge on any atom is 0.250 e. The molecule has 8 heteroatoms. The number of carbonyl (C=O) groups excluding carboxylic acids is 2. The lowest BCUT2D eigenvalue weighted by molar-refractivity contribution is -0.130. The van der Waals surface area contributed by atoms with Gasteiger partial charge in [-0.1, -0.05) is 54.6 Å². The minimum Gasteiger partial charge on any atom is -0.374 e. The number of imidazole rings is 1. The van der Waals surface area contributed by atoms with E-state index in [9.17, 15) is 9.59 Å². The minimum atomic E-state index is -1.13. The predicted molar refractivity (Wildman–Crippen MR) is 130 cm³/mol. The molecule has 0 saturated heterocycles. The van der Waals surface area contributed by atoms with E-state index in [1.54, 1.807) is 20.2 Å². The fourth-order valence-corrected chi connectivity index (χ4v) is 4.03. The average molecular weight is 462 g/mol. The molecule has 1 aliphatic rings. The van der Waals surface area contributed by atoms with Gasteiger partial charge in [0.15, 0.2) is 5.82 Å². The Morgan fingerprint density at radius 3 is 2.68 bits per heavy atom. The Balaban J connectivity index is 1.42. The van der Waals surface area contributed by atoms with Crippen molar-refractivity contribution in [2.75, 3.05) is 11.9 Å². The maximum absolute atomic E-state index is 13.1. The normalized spacial score (nSPS) is 16.0. The predicted octanol–water partition coefficient (Wildman–Crippen LogP) is 2.80. The van der Waals surface area contributed by atoms with Crippen molar-refractivity contribution in [3.05, 3.63) is 83.8 Å². The summed E-state index contributed by atoms with van der Waals surface area (Å²) >= 11 is 0. The fourth-order valence-electron chi connectivity index (χ4n) is 4.03. The molecule has 4 N–H and O–H groups in total. The number of aromatic nitrogens is 2. The third kappa shape index (κ3) is 5.70. The highest BCUT2D eigenvalue weighted by Crippen LogP contribution is 2.34. The summed E-state index contributed by atoms with van der Waals surface area (Å²) in [5.41, 5.74) is 8.38. The van der Waals surface area contributed by atoms with Crippen LogP contribution in [0.4, 0.5) is 5.82 Å². The third-order valence-corrected chi connectivity index (χ3v) is 5.92. The van der Waals surface area contributed by atoms with Gasteiger partial charge in [0.2, 0.25) is 5.91 Å². The number of aryl methyl sites for hydroxylation is 1. The first-order valence-corrected chi connectivity index (χ1v) is 11.4. The van der Waals surface area contributed by atoms with Gasteiger partial charge in [-0.25, -0.2) is 4.98 Å². The van der Waals surface area contributed by atoms with Gasteiger partial charge in [0.05, 0.1) is 31.1 Å². The van der Waals surface area contributed by atoms with Gasteiger partial charge < -0.3 is 25.7 Å². The standard InChI is InChI=1S/C26H31N5O3/c1-26(2,27)25(33)29-21(16-34-15-18-8-4-3-5-9-18)24(32)30-23-14-31(17-28-23)22-13-12-19-10-6-7-11-20(19)22/h3-11,14,17,21-22H,12-13,15-16,27H2,1-2H3,(H,29,33)(H,30,32). The first-order chi connectivity index (χ1) is 16.3. The molecule has 2 unspecified atom stereocenters. The van der Waals surface area contributed by atoms with Gasteiger partial charge >= 0.3 is 0 Å². The quantitative estimate of drug-likeness (QED) is 0.454. The largest absolute Gasteiger partial charge is 0.374 e. The lowest BCUT2D eigenvalue weighted by atomic mass is 10.1. The Morgan fingerprint density at radius 2 is 1.91 bits per heavy atom. The van der Waals surface area contributed by atoms with Crippen molar-refractivity contribution >= 4 is 17.6 Å². The smallest absolute Gasteiger partial charge is 0.250 e. The van der Waals surface area contributed by atoms with Crippen molar-refractivity contribution < 1.29 is 14.3 Å². The van der Waals surface area contributed by atoms with Crippen molar-refractivity contribution in [1.82, 2.24) is 14.9 Å². The van der Waals surface area contributed by atoms with Crippen LogP contribution in [0.1, 0.15) is 43.0 Å². The van der Waals surface area contributed by atoms with Gasteiger partial charge in [0.1, 0.15) is 6.04 Å². The van der Waals surface area contributed by atoms with Crippen molar-refractivity contribution in [3.8, 4) is 0 Å². The summed E-state index contributed by atoms with van der Waals surface area (Å²) in [6.45, 7) is 3.49. The monoisotopic (exact) mass is 461 g/mol. The van der Waals surface area contributed by atoms with E-state index in [4.69, 9.17) is 10.5 Å². The second-order valence-electron chi connectivity index (χ2n) is 9.20. The molecule has 0 spiro atoms. The number of benzene rings is 2. The summed E-state index contributed by atoms with van der Waals surface area (Å²) in [6, 6.07) is 17.3. The molecule has 8 nitrogen and oxygen atoms in total. The average Bonchev–Trinajstić information content (AvgIpc) is 3.45. The van der Waals surface area contributed by atoms with E-state index >= 15 is 0 Å². The highest BCUT2D eigenvalue weighted by Gasteiger charge is 2.29. The highest BCUT2D eigenvalue weighted by molar-refractivity contribution is 5.98. The number of ether oxygens (including phenoxy) is 1. The molecule has 3 aromatic rings. The molecule has 0 saturated carbocycles. The summed E-state index contributed by atoms with van der Waals surface area (Å²) in [6.07, 6.45) is 5.55. The summed E-state index contributed by atoms with van der Waals surface area (Å²) in [5.74, 6) is -0.435. The van der Waals surface area contributed by atoms with Crippen molar-refractivity contribution in [3.63, 3.8) is 0 Å². The van der Waals surface area contributed by atoms with Gasteiger partial charge in [-0.3, -0.25) is 9.59 Å². The lowest BCUT2D eigenvalue weighted by Crippen LogP contribution is -2.56. The van der Waals surface area contributed by atoms with Crippen LogP contribution in [0.15, 0.2) is 67.1 Å². The first kappa shape index (κ1) is 23.7. The van der Waals surface area contributed by atoms with Crippen LogP contribution in [0.2, 0.25) is 0 Å². The Hall–Kier alpha value is -3.49. The number of hydrogen-bond donors (Lipinski definition) is 3. The summed E-state index contributed by atoms with van der Waals surface area (Å²) in [5, 5.41) is 5.51. The Kier molecular flexibility index (Phi) is 7.09. The van der Waals surface area contributed by atoms with Crippen LogP contribution in [-0.4, -0.2) is 39.6 Å². The molecule has 0 aliphatic heterocycles. The number of rotatable bonds is 9. The Bertz CT molecular complexity index is 1140. The van der Waals surface area contributed by atoms with Crippen LogP contribution in [0.5, 0.6) is 0 Å². The zero-order valence-corrected chi connectivity index (χ0v) is 19.5. The molecule has 1 heterocycles. The van der Waals surface area contributed by atoms with Crippen LogP contribution in [0, 0.1) is 0 Å². The fraction of sp³-hybridized carbons (Fsp3) is 0.346. The zero-order valence-electron chi connectivity index (χ0n) is 19.5. The van der Waals surface area contributed by atoms with Crippen LogP contribution in [0.3, 0.4) is 0 Å².